The van der Waals surface area contributed by atoms with Crippen molar-refractivity contribution in [2.45, 2.75) is 78.6 Å². The zero-order chi connectivity index (χ0) is 21.4. The summed E-state index contributed by atoms with van der Waals surface area (Å²) in [4.78, 5) is 19.6. The predicted molar refractivity (Wildman–Crippen MR) is 120 cm³/mol. The highest BCUT2D eigenvalue weighted by atomic mass is 15.1. The lowest BCUT2D eigenvalue weighted by Crippen LogP contribution is -2.20. The molecule has 4 heterocycles. The van der Waals surface area contributed by atoms with Crippen molar-refractivity contribution in [1.82, 2.24) is 24.3 Å². The molecule has 0 aromatic carbocycles. The zero-order valence-corrected chi connectivity index (χ0v) is 19.0. The second-order valence-electron chi connectivity index (χ2n) is 11.1. The lowest BCUT2D eigenvalue weighted by Gasteiger charge is -2.22. The van der Waals surface area contributed by atoms with Gasteiger partial charge in [-0.2, -0.15) is 0 Å². The highest BCUT2D eigenvalue weighted by molar-refractivity contribution is 5.96. The molecule has 0 N–H and O–H groups in total. The Labute approximate surface area is 172 Å². The molecule has 0 spiro atoms. The van der Waals surface area contributed by atoms with Crippen LogP contribution in [0.5, 0.6) is 0 Å². The maximum Gasteiger partial charge on any atom is 0.150 e. The van der Waals surface area contributed by atoms with Gasteiger partial charge in [0.2, 0.25) is 0 Å². The smallest absolute Gasteiger partial charge is 0.150 e. The minimum Gasteiger partial charge on any atom is -0.278 e. The molecule has 0 aliphatic carbocycles. The van der Waals surface area contributed by atoms with Gasteiger partial charge in [0.15, 0.2) is 0 Å². The fourth-order valence-corrected chi connectivity index (χ4v) is 3.57. The summed E-state index contributed by atoms with van der Waals surface area (Å²) in [5.41, 5.74) is 5.66. The Hall–Kier alpha value is -2.56. The van der Waals surface area contributed by atoms with Gasteiger partial charge >= 0.3 is 0 Å². The molecular weight excluding hydrogens is 358 g/mol. The van der Waals surface area contributed by atoms with Gasteiger partial charge in [0.1, 0.15) is 11.5 Å². The Morgan fingerprint density at radius 2 is 1.21 bits per heavy atom. The summed E-state index contributed by atoms with van der Waals surface area (Å²) in [6.07, 6.45) is 3.87. The standard InChI is InChI=1S/C24H31N5/c1-22(2,3)18-10-15-14(12-25-18)20-27-16-11-19(23(4,5)6)26-13-17(16)29(20)21(28-15)24(7,8)9/h10-13H,1-9H3. The predicted octanol–water partition coefficient (Wildman–Crippen LogP) is 5.72. The first-order valence-corrected chi connectivity index (χ1v) is 10.3. The normalized spacial score (nSPS) is 13.7. The number of nitrogens with zero attached hydrogens (tertiary/aromatic N) is 5. The van der Waals surface area contributed by atoms with Crippen molar-refractivity contribution < 1.29 is 0 Å². The number of fused-ring (bicyclic) bond motifs is 5. The van der Waals surface area contributed by atoms with Crippen molar-refractivity contribution in [3.05, 3.63) is 41.7 Å². The van der Waals surface area contributed by atoms with Crippen molar-refractivity contribution in [1.29, 1.82) is 0 Å². The van der Waals surface area contributed by atoms with Crippen LogP contribution in [0.2, 0.25) is 0 Å². The molecule has 0 saturated carbocycles. The van der Waals surface area contributed by atoms with E-state index in [9.17, 15) is 0 Å². The molecule has 4 rings (SSSR count). The van der Waals surface area contributed by atoms with Crippen LogP contribution in [0.4, 0.5) is 0 Å². The largest absolute Gasteiger partial charge is 0.278 e. The second-order valence-corrected chi connectivity index (χ2v) is 11.1. The highest BCUT2D eigenvalue weighted by Gasteiger charge is 2.26. The van der Waals surface area contributed by atoms with Gasteiger partial charge in [0.05, 0.1) is 28.1 Å². The van der Waals surface area contributed by atoms with Gasteiger partial charge in [0, 0.05) is 33.8 Å². The summed E-state index contributed by atoms with van der Waals surface area (Å²) >= 11 is 0. The quantitative estimate of drug-likeness (QED) is 0.386. The van der Waals surface area contributed by atoms with Crippen molar-refractivity contribution in [3.8, 4) is 0 Å². The molecule has 5 heteroatoms. The van der Waals surface area contributed by atoms with Crippen LogP contribution in [-0.4, -0.2) is 24.3 Å². The van der Waals surface area contributed by atoms with E-state index in [0.29, 0.717) is 0 Å². The molecule has 0 fully saturated rings. The van der Waals surface area contributed by atoms with Crippen LogP contribution in [-0.2, 0) is 16.2 Å². The maximum atomic E-state index is 5.10. The van der Waals surface area contributed by atoms with Gasteiger partial charge in [-0.3, -0.25) is 14.4 Å². The Kier molecular flexibility index (Phi) is 4.07. The third kappa shape index (κ3) is 3.26. The van der Waals surface area contributed by atoms with Gasteiger partial charge in [-0.25, -0.2) is 9.97 Å². The molecule has 0 bridgehead atoms. The van der Waals surface area contributed by atoms with Crippen molar-refractivity contribution in [3.63, 3.8) is 0 Å². The molecule has 5 nitrogen and oxygen atoms in total. The van der Waals surface area contributed by atoms with Crippen LogP contribution >= 0.6 is 0 Å². The molecule has 152 valence electrons. The summed E-state index contributed by atoms with van der Waals surface area (Å²) < 4.78 is 2.16. The molecule has 0 aliphatic rings. The van der Waals surface area contributed by atoms with Gasteiger partial charge in [-0.15, -0.1) is 0 Å². The molecule has 0 atom stereocenters. The molecular formula is C24H31N5. The first kappa shape index (κ1) is 19.7. The first-order valence-electron chi connectivity index (χ1n) is 10.3. The number of pyridine rings is 2. The van der Waals surface area contributed by atoms with Gasteiger partial charge in [0.25, 0.3) is 0 Å². The molecule has 0 radical (unpaired) electrons. The second kappa shape index (κ2) is 5.97. The highest BCUT2D eigenvalue weighted by Crippen LogP contribution is 2.32. The van der Waals surface area contributed by atoms with Crippen molar-refractivity contribution in [2.75, 3.05) is 0 Å². The molecule has 0 unspecified atom stereocenters. The number of hydrogen-bond acceptors (Lipinski definition) is 4. The molecule has 0 aliphatic heterocycles. The van der Waals surface area contributed by atoms with E-state index in [-0.39, 0.29) is 16.2 Å². The van der Waals surface area contributed by atoms with E-state index in [1.54, 1.807) is 0 Å². The monoisotopic (exact) mass is 389 g/mol. The van der Waals surface area contributed by atoms with Crippen LogP contribution in [0, 0.1) is 0 Å². The minimum atomic E-state index is -0.145. The van der Waals surface area contributed by atoms with Crippen LogP contribution in [0.15, 0.2) is 24.5 Å². The van der Waals surface area contributed by atoms with Crippen LogP contribution in [0.3, 0.4) is 0 Å². The van der Waals surface area contributed by atoms with E-state index >= 15 is 0 Å². The Morgan fingerprint density at radius 3 is 1.76 bits per heavy atom. The average molecular weight is 390 g/mol. The lowest BCUT2D eigenvalue weighted by atomic mass is 9.91. The number of hydrogen-bond donors (Lipinski definition) is 0. The summed E-state index contributed by atoms with van der Waals surface area (Å²) in [5.74, 6) is 0.985. The van der Waals surface area contributed by atoms with E-state index in [1.807, 2.05) is 12.4 Å². The van der Waals surface area contributed by atoms with Crippen molar-refractivity contribution in [2.24, 2.45) is 0 Å². The van der Waals surface area contributed by atoms with Gasteiger partial charge < -0.3 is 0 Å². The van der Waals surface area contributed by atoms with E-state index < -0.39 is 0 Å². The summed E-state index contributed by atoms with van der Waals surface area (Å²) in [6.45, 7) is 19.6. The van der Waals surface area contributed by atoms with Crippen LogP contribution < -0.4 is 0 Å². The molecule has 0 amide bonds. The summed E-state index contributed by atoms with van der Waals surface area (Å²) in [7, 11) is 0. The molecule has 29 heavy (non-hydrogen) atoms. The van der Waals surface area contributed by atoms with Gasteiger partial charge in [-0.1, -0.05) is 62.3 Å². The fraction of sp³-hybridized carbons (Fsp3) is 0.500. The molecule has 4 aromatic heterocycles. The lowest BCUT2D eigenvalue weighted by molar-refractivity contribution is 0.541. The van der Waals surface area contributed by atoms with E-state index in [2.05, 4.69) is 78.8 Å². The number of imidazole rings is 1. The third-order valence-electron chi connectivity index (χ3n) is 5.31. The SMILES string of the molecule is CC(C)(C)c1cc2nc(C(C)(C)C)n3c4cnc(C(C)(C)C)cc4nc3c2cn1. The average Bonchev–Trinajstić information content (AvgIpc) is 2.96. The summed E-state index contributed by atoms with van der Waals surface area (Å²) in [6, 6.07) is 4.22. The zero-order valence-electron chi connectivity index (χ0n) is 19.0. The van der Waals surface area contributed by atoms with E-state index in [4.69, 9.17) is 19.9 Å². The minimum absolute atomic E-state index is 0.0274. The topological polar surface area (TPSA) is 56.0 Å². The van der Waals surface area contributed by atoms with Crippen LogP contribution in [0.1, 0.15) is 79.5 Å². The fourth-order valence-electron chi connectivity index (χ4n) is 3.57. The van der Waals surface area contributed by atoms with Gasteiger partial charge in [-0.05, 0) is 12.1 Å². The Morgan fingerprint density at radius 1 is 0.655 bits per heavy atom. The Bertz CT molecular complexity index is 1240. The van der Waals surface area contributed by atoms with E-state index in [1.165, 1.54) is 0 Å². The molecule has 0 saturated heterocycles. The molecule has 4 aromatic rings. The Balaban J connectivity index is 2.15. The van der Waals surface area contributed by atoms with E-state index in [0.717, 1.165) is 44.8 Å². The number of rotatable bonds is 0. The first-order chi connectivity index (χ1) is 13.3. The maximum absolute atomic E-state index is 5.10. The van der Waals surface area contributed by atoms with Crippen molar-refractivity contribution >= 4 is 27.6 Å². The number of aromatic nitrogens is 5. The third-order valence-corrected chi connectivity index (χ3v) is 5.31. The van der Waals surface area contributed by atoms with Crippen LogP contribution in [0.25, 0.3) is 27.6 Å². The summed E-state index contributed by atoms with van der Waals surface area (Å²) in [5, 5.41) is 0.972.